The first-order valence-corrected chi connectivity index (χ1v) is 7.23. The standard InChI is InChI=1S/C14H28N4/c1-3-4-5-6-7-8-9-10-13(16-15)14-11-12-18(2)17-14/h11-13,16H,3-10,15H2,1-2H3. The van der Waals surface area contributed by atoms with Gasteiger partial charge in [0.1, 0.15) is 0 Å². The van der Waals surface area contributed by atoms with Gasteiger partial charge < -0.3 is 0 Å². The SMILES string of the molecule is CCCCCCCCCC(NN)c1ccn(C)n1. The van der Waals surface area contributed by atoms with Gasteiger partial charge in [-0.05, 0) is 12.5 Å². The molecule has 0 aliphatic rings. The number of nitrogens with one attached hydrogen (secondary N) is 1. The van der Waals surface area contributed by atoms with E-state index in [0.717, 1.165) is 12.1 Å². The fourth-order valence-electron chi connectivity index (χ4n) is 2.24. The van der Waals surface area contributed by atoms with Crippen molar-refractivity contribution in [2.24, 2.45) is 12.9 Å². The van der Waals surface area contributed by atoms with Gasteiger partial charge in [0.25, 0.3) is 0 Å². The molecule has 0 aromatic carbocycles. The molecule has 18 heavy (non-hydrogen) atoms. The third-order valence-corrected chi connectivity index (χ3v) is 3.39. The van der Waals surface area contributed by atoms with Crippen molar-refractivity contribution in [1.82, 2.24) is 15.2 Å². The molecule has 0 saturated carbocycles. The lowest BCUT2D eigenvalue weighted by Gasteiger charge is -2.13. The van der Waals surface area contributed by atoms with E-state index in [-0.39, 0.29) is 6.04 Å². The molecule has 1 atom stereocenters. The number of nitrogens with zero attached hydrogens (tertiary/aromatic N) is 2. The van der Waals surface area contributed by atoms with Gasteiger partial charge in [0.2, 0.25) is 0 Å². The summed E-state index contributed by atoms with van der Waals surface area (Å²) in [5.41, 5.74) is 3.91. The van der Waals surface area contributed by atoms with Crippen LogP contribution in [0.1, 0.15) is 70.0 Å². The van der Waals surface area contributed by atoms with Gasteiger partial charge in [-0.25, -0.2) is 0 Å². The highest BCUT2D eigenvalue weighted by molar-refractivity contribution is 5.04. The van der Waals surface area contributed by atoms with Crippen molar-refractivity contribution in [2.75, 3.05) is 0 Å². The van der Waals surface area contributed by atoms with Crippen LogP contribution in [0.2, 0.25) is 0 Å². The number of aromatic nitrogens is 2. The summed E-state index contributed by atoms with van der Waals surface area (Å²) in [5, 5.41) is 4.40. The Morgan fingerprint density at radius 1 is 1.22 bits per heavy atom. The summed E-state index contributed by atoms with van der Waals surface area (Å²) in [4.78, 5) is 0. The second-order valence-corrected chi connectivity index (χ2v) is 5.04. The molecule has 104 valence electrons. The molecule has 0 aliphatic heterocycles. The van der Waals surface area contributed by atoms with E-state index in [2.05, 4.69) is 17.4 Å². The van der Waals surface area contributed by atoms with Crippen LogP contribution < -0.4 is 11.3 Å². The van der Waals surface area contributed by atoms with Gasteiger partial charge in [-0.1, -0.05) is 51.9 Å². The number of unbranched alkanes of at least 4 members (excludes halogenated alkanes) is 6. The summed E-state index contributed by atoms with van der Waals surface area (Å²) >= 11 is 0. The number of hydrogen-bond acceptors (Lipinski definition) is 3. The number of hydrogen-bond donors (Lipinski definition) is 2. The van der Waals surface area contributed by atoms with Crippen molar-refractivity contribution >= 4 is 0 Å². The van der Waals surface area contributed by atoms with E-state index in [9.17, 15) is 0 Å². The summed E-state index contributed by atoms with van der Waals surface area (Å²) < 4.78 is 1.82. The molecular formula is C14H28N4. The van der Waals surface area contributed by atoms with Crippen molar-refractivity contribution < 1.29 is 0 Å². The molecule has 4 nitrogen and oxygen atoms in total. The van der Waals surface area contributed by atoms with Crippen LogP contribution in [0.5, 0.6) is 0 Å². The lowest BCUT2D eigenvalue weighted by atomic mass is 10.0. The van der Waals surface area contributed by atoms with Gasteiger partial charge in [-0.2, -0.15) is 5.10 Å². The molecule has 1 aromatic rings. The maximum atomic E-state index is 5.60. The zero-order chi connectivity index (χ0) is 13.2. The molecule has 0 radical (unpaired) electrons. The Balaban J connectivity index is 2.13. The third-order valence-electron chi connectivity index (χ3n) is 3.39. The Bertz CT molecular complexity index is 308. The molecule has 1 unspecified atom stereocenters. The molecule has 0 fully saturated rings. The van der Waals surface area contributed by atoms with Crippen molar-refractivity contribution in [3.63, 3.8) is 0 Å². The monoisotopic (exact) mass is 252 g/mol. The Morgan fingerprint density at radius 3 is 2.44 bits per heavy atom. The highest BCUT2D eigenvalue weighted by Crippen LogP contribution is 2.18. The van der Waals surface area contributed by atoms with Crippen LogP contribution in [0.4, 0.5) is 0 Å². The largest absolute Gasteiger partial charge is 0.275 e. The van der Waals surface area contributed by atoms with Gasteiger partial charge in [-0.3, -0.25) is 16.0 Å². The molecule has 1 rings (SSSR count). The molecule has 3 N–H and O–H groups in total. The fraction of sp³-hybridized carbons (Fsp3) is 0.786. The predicted molar refractivity (Wildman–Crippen MR) is 75.9 cm³/mol. The van der Waals surface area contributed by atoms with Crippen LogP contribution in [-0.2, 0) is 7.05 Å². The van der Waals surface area contributed by atoms with Crippen molar-refractivity contribution in [3.05, 3.63) is 18.0 Å². The highest BCUT2D eigenvalue weighted by Gasteiger charge is 2.11. The smallest absolute Gasteiger partial charge is 0.0807 e. The van der Waals surface area contributed by atoms with E-state index in [1.54, 1.807) is 0 Å². The maximum Gasteiger partial charge on any atom is 0.0807 e. The van der Waals surface area contributed by atoms with E-state index in [4.69, 9.17) is 5.84 Å². The van der Waals surface area contributed by atoms with Gasteiger partial charge in [0.15, 0.2) is 0 Å². The molecule has 0 bridgehead atoms. The van der Waals surface area contributed by atoms with Gasteiger partial charge in [0.05, 0.1) is 11.7 Å². The summed E-state index contributed by atoms with van der Waals surface area (Å²) in [5.74, 6) is 5.60. The van der Waals surface area contributed by atoms with Crippen molar-refractivity contribution in [1.29, 1.82) is 0 Å². The lowest BCUT2D eigenvalue weighted by molar-refractivity contribution is 0.463. The van der Waals surface area contributed by atoms with Crippen LogP contribution in [0.3, 0.4) is 0 Å². The highest BCUT2D eigenvalue weighted by atomic mass is 15.3. The van der Waals surface area contributed by atoms with E-state index in [1.807, 2.05) is 24.0 Å². The Kier molecular flexibility index (Phi) is 7.69. The summed E-state index contributed by atoms with van der Waals surface area (Å²) in [6, 6.07) is 2.23. The van der Waals surface area contributed by atoms with E-state index >= 15 is 0 Å². The minimum atomic E-state index is 0.196. The molecule has 0 amide bonds. The van der Waals surface area contributed by atoms with E-state index in [1.165, 1.54) is 44.9 Å². The predicted octanol–water partition coefficient (Wildman–Crippen LogP) is 3.07. The maximum absolute atomic E-state index is 5.60. The zero-order valence-corrected chi connectivity index (χ0v) is 11.9. The zero-order valence-electron chi connectivity index (χ0n) is 11.9. The lowest BCUT2D eigenvalue weighted by Crippen LogP contribution is -2.28. The molecule has 4 heteroatoms. The third kappa shape index (κ3) is 5.65. The van der Waals surface area contributed by atoms with Gasteiger partial charge in [-0.15, -0.1) is 0 Å². The normalized spacial score (nSPS) is 12.8. The first-order chi connectivity index (χ1) is 8.77. The van der Waals surface area contributed by atoms with Crippen LogP contribution in [0, 0.1) is 0 Å². The van der Waals surface area contributed by atoms with Gasteiger partial charge >= 0.3 is 0 Å². The second-order valence-electron chi connectivity index (χ2n) is 5.04. The summed E-state index contributed by atoms with van der Waals surface area (Å²) in [7, 11) is 1.94. The Morgan fingerprint density at radius 2 is 1.89 bits per heavy atom. The molecular weight excluding hydrogens is 224 g/mol. The molecule has 0 saturated heterocycles. The minimum absolute atomic E-state index is 0.196. The average Bonchev–Trinajstić information content (AvgIpc) is 2.79. The van der Waals surface area contributed by atoms with Crippen LogP contribution in [0.15, 0.2) is 12.3 Å². The quantitative estimate of drug-likeness (QED) is 0.382. The van der Waals surface area contributed by atoms with Crippen LogP contribution in [0.25, 0.3) is 0 Å². The number of aryl methyl sites for hydroxylation is 1. The van der Waals surface area contributed by atoms with E-state index < -0.39 is 0 Å². The fourth-order valence-corrected chi connectivity index (χ4v) is 2.24. The number of rotatable bonds is 10. The molecule has 0 spiro atoms. The van der Waals surface area contributed by atoms with Crippen molar-refractivity contribution in [3.8, 4) is 0 Å². The summed E-state index contributed by atoms with van der Waals surface area (Å²) in [6.45, 7) is 2.25. The first kappa shape index (κ1) is 15.2. The number of nitrogens with two attached hydrogens (primary N) is 1. The van der Waals surface area contributed by atoms with Crippen molar-refractivity contribution in [2.45, 2.75) is 64.3 Å². The molecule has 1 heterocycles. The van der Waals surface area contributed by atoms with E-state index in [0.29, 0.717) is 0 Å². The number of hydrazine groups is 1. The van der Waals surface area contributed by atoms with Gasteiger partial charge in [0, 0.05) is 13.2 Å². The first-order valence-electron chi connectivity index (χ1n) is 7.23. The second kappa shape index (κ2) is 9.11. The summed E-state index contributed by atoms with van der Waals surface area (Å²) in [6.07, 6.45) is 12.4. The van der Waals surface area contributed by atoms with Crippen LogP contribution >= 0.6 is 0 Å². The average molecular weight is 252 g/mol. The molecule has 1 aromatic heterocycles. The molecule has 0 aliphatic carbocycles. The Labute approximate surface area is 111 Å². The van der Waals surface area contributed by atoms with Crippen LogP contribution in [-0.4, -0.2) is 9.78 Å². The Hall–Kier alpha value is -0.870. The minimum Gasteiger partial charge on any atom is -0.275 e. The topological polar surface area (TPSA) is 55.9 Å².